The minimum absolute atomic E-state index is 0.0415. The van der Waals surface area contributed by atoms with Crippen molar-refractivity contribution in [3.8, 4) is 0 Å². The molecule has 2 aliphatic carbocycles. The summed E-state index contributed by atoms with van der Waals surface area (Å²) in [5.74, 6) is -0.837. The van der Waals surface area contributed by atoms with Crippen molar-refractivity contribution in [2.24, 2.45) is 5.92 Å². The third-order valence-electron chi connectivity index (χ3n) is 6.34. The van der Waals surface area contributed by atoms with Crippen LogP contribution in [0.2, 0.25) is 0 Å². The molecule has 3 atom stereocenters. The smallest absolute Gasteiger partial charge is 0.408 e. The average molecular weight is 405 g/mol. The highest BCUT2D eigenvalue weighted by atomic mass is 16.5. The Balaban J connectivity index is 1.54. The number of hydrogen-bond donors (Lipinski definition) is 1. The van der Waals surface area contributed by atoms with E-state index in [0.29, 0.717) is 12.8 Å². The van der Waals surface area contributed by atoms with Crippen molar-refractivity contribution >= 4 is 17.7 Å². The van der Waals surface area contributed by atoms with Gasteiger partial charge in [0, 0.05) is 5.92 Å². The fourth-order valence-electron chi connectivity index (χ4n) is 4.87. The van der Waals surface area contributed by atoms with Gasteiger partial charge in [0.05, 0.1) is 12.0 Å². The van der Waals surface area contributed by atoms with E-state index in [1.54, 1.807) is 6.92 Å². The van der Waals surface area contributed by atoms with Crippen LogP contribution >= 0.6 is 0 Å². The summed E-state index contributed by atoms with van der Waals surface area (Å²) in [4.78, 5) is 38.4. The number of nitrogens with one attached hydrogen (secondary N) is 1. The first-order valence-electron chi connectivity index (χ1n) is 10.7. The molecule has 0 radical (unpaired) electrons. The topological polar surface area (TPSA) is 72.5 Å². The largest absolute Gasteiger partial charge is 0.445 e. The zero-order valence-corrected chi connectivity index (χ0v) is 17.2. The van der Waals surface area contributed by atoms with E-state index in [4.69, 9.17) is 4.74 Å². The van der Waals surface area contributed by atoms with Gasteiger partial charge < -0.3 is 10.1 Å². The summed E-state index contributed by atoms with van der Waals surface area (Å²) < 4.78 is 5.33. The molecule has 0 saturated carbocycles. The molecular weight excluding hydrogens is 378 g/mol. The molecule has 0 aromatic heterocycles. The van der Waals surface area contributed by atoms with Gasteiger partial charge in [0.25, 0.3) is 0 Å². The molecule has 2 aromatic rings. The Morgan fingerprint density at radius 3 is 2.47 bits per heavy atom. The Bertz CT molecular complexity index is 953. The second kappa shape index (κ2) is 8.82. The number of Topliss-reactive ketones (excluding diaryl/α,β-unsaturated/α-hetero) is 2. The third kappa shape index (κ3) is 4.16. The van der Waals surface area contributed by atoms with Gasteiger partial charge in [0.15, 0.2) is 5.78 Å². The maximum Gasteiger partial charge on any atom is 0.408 e. The zero-order valence-electron chi connectivity index (χ0n) is 17.2. The van der Waals surface area contributed by atoms with Crippen molar-refractivity contribution in [3.05, 3.63) is 70.8 Å². The van der Waals surface area contributed by atoms with Crippen LogP contribution in [0, 0.1) is 5.92 Å². The molecule has 156 valence electrons. The van der Waals surface area contributed by atoms with Crippen LogP contribution < -0.4 is 5.32 Å². The Labute approximate surface area is 176 Å². The minimum atomic E-state index is -0.639. The number of aryl methyl sites for hydroxylation is 2. The molecule has 1 N–H and O–H groups in total. The fourth-order valence-corrected chi connectivity index (χ4v) is 4.87. The van der Waals surface area contributed by atoms with Gasteiger partial charge in [-0.15, -0.1) is 0 Å². The molecule has 4 rings (SSSR count). The highest BCUT2D eigenvalue weighted by molar-refractivity contribution is 5.98. The first-order valence-corrected chi connectivity index (χ1v) is 10.7. The zero-order chi connectivity index (χ0) is 21.1. The van der Waals surface area contributed by atoms with Crippen LogP contribution in [0.4, 0.5) is 4.79 Å². The quantitative estimate of drug-likeness (QED) is 0.830. The highest BCUT2D eigenvalue weighted by Gasteiger charge is 2.42. The Hall–Kier alpha value is -2.95. The summed E-state index contributed by atoms with van der Waals surface area (Å²) in [7, 11) is 0. The maximum absolute atomic E-state index is 13.6. The fraction of sp³-hybridized carbons (Fsp3) is 0.400. The number of alkyl carbamates (subject to hydrolysis) is 1. The number of carbonyl (C=O) groups is 3. The van der Waals surface area contributed by atoms with Gasteiger partial charge in [-0.2, -0.15) is 0 Å². The van der Waals surface area contributed by atoms with Gasteiger partial charge in [0.1, 0.15) is 12.4 Å². The van der Waals surface area contributed by atoms with Crippen molar-refractivity contribution in [2.75, 3.05) is 0 Å². The van der Waals surface area contributed by atoms with Crippen LogP contribution in [0.15, 0.2) is 48.5 Å². The molecule has 0 spiro atoms. The lowest BCUT2D eigenvalue weighted by Gasteiger charge is -2.36. The summed E-state index contributed by atoms with van der Waals surface area (Å²) in [6.07, 6.45) is 3.07. The number of ether oxygens (including phenoxy) is 1. The number of ketones is 2. The van der Waals surface area contributed by atoms with Crippen LogP contribution in [0.5, 0.6) is 0 Å². The van der Waals surface area contributed by atoms with E-state index in [2.05, 4.69) is 17.4 Å². The number of benzene rings is 2. The van der Waals surface area contributed by atoms with E-state index >= 15 is 0 Å². The summed E-state index contributed by atoms with van der Waals surface area (Å²) in [6, 6.07) is 15.0. The van der Waals surface area contributed by atoms with Gasteiger partial charge in [-0.1, -0.05) is 48.5 Å². The second-order valence-electron chi connectivity index (χ2n) is 8.28. The van der Waals surface area contributed by atoms with E-state index in [9.17, 15) is 14.4 Å². The molecule has 0 saturated heterocycles. The lowest BCUT2D eigenvalue weighted by molar-refractivity contribution is -0.130. The lowest BCUT2D eigenvalue weighted by atomic mass is 9.67. The van der Waals surface area contributed by atoms with E-state index < -0.39 is 18.1 Å². The first-order chi connectivity index (χ1) is 14.5. The lowest BCUT2D eigenvalue weighted by Crippen LogP contribution is -2.47. The van der Waals surface area contributed by atoms with Gasteiger partial charge in [-0.3, -0.25) is 9.59 Å². The van der Waals surface area contributed by atoms with Crippen molar-refractivity contribution in [3.63, 3.8) is 0 Å². The predicted octanol–water partition coefficient (Wildman–Crippen LogP) is 4.12. The number of hydrogen-bond acceptors (Lipinski definition) is 4. The van der Waals surface area contributed by atoms with Crippen molar-refractivity contribution in [2.45, 2.75) is 57.6 Å². The standard InChI is InChI=1S/C25H27NO4/c1-16(27)20-14-13-19-10-5-9-18-11-6-12-21(24(28)23(20)22(18)19)26-25(29)30-15-17-7-3-2-4-8-17/h2-5,7-10,20-21,23H,6,11-15H2,1H3,(H,26,29)/t20?,21-,23?/m0/s1. The van der Waals surface area contributed by atoms with E-state index in [-0.39, 0.29) is 24.1 Å². The SMILES string of the molecule is CC(=O)C1CCc2cccc3c2C1C(=O)[C@@H](NC(=O)OCc1ccccc1)CCC3. The molecule has 2 aliphatic rings. The van der Waals surface area contributed by atoms with Crippen molar-refractivity contribution in [1.29, 1.82) is 0 Å². The first kappa shape index (κ1) is 20.3. The van der Waals surface area contributed by atoms with Crippen molar-refractivity contribution in [1.82, 2.24) is 5.32 Å². The van der Waals surface area contributed by atoms with Crippen LogP contribution in [-0.2, 0) is 33.8 Å². The molecule has 5 heteroatoms. The molecule has 2 aromatic carbocycles. The molecule has 0 bridgehead atoms. The summed E-state index contributed by atoms with van der Waals surface area (Å²) in [5, 5.41) is 2.78. The van der Waals surface area contributed by atoms with Crippen molar-refractivity contribution < 1.29 is 19.1 Å². The van der Waals surface area contributed by atoms with Crippen LogP contribution in [0.1, 0.15) is 54.4 Å². The summed E-state index contributed by atoms with van der Waals surface area (Å²) in [6.45, 7) is 1.72. The highest BCUT2D eigenvalue weighted by Crippen LogP contribution is 2.42. The maximum atomic E-state index is 13.6. The monoisotopic (exact) mass is 405 g/mol. The number of amides is 1. The van der Waals surface area contributed by atoms with E-state index in [0.717, 1.165) is 36.0 Å². The summed E-state index contributed by atoms with van der Waals surface area (Å²) in [5.41, 5.74) is 4.25. The van der Waals surface area contributed by atoms with Gasteiger partial charge in [-0.05, 0) is 61.3 Å². The molecule has 1 amide bonds. The molecule has 2 unspecified atom stereocenters. The van der Waals surface area contributed by atoms with Gasteiger partial charge in [0.2, 0.25) is 0 Å². The average Bonchev–Trinajstić information content (AvgIpc) is 2.75. The molecule has 30 heavy (non-hydrogen) atoms. The molecule has 0 fully saturated rings. The summed E-state index contributed by atoms with van der Waals surface area (Å²) >= 11 is 0. The van der Waals surface area contributed by atoms with E-state index in [1.807, 2.05) is 36.4 Å². The Morgan fingerprint density at radius 1 is 1.00 bits per heavy atom. The van der Waals surface area contributed by atoms with Gasteiger partial charge in [-0.25, -0.2) is 4.79 Å². The van der Waals surface area contributed by atoms with E-state index in [1.165, 1.54) is 5.56 Å². The third-order valence-corrected chi connectivity index (χ3v) is 6.34. The van der Waals surface area contributed by atoms with Crippen LogP contribution in [0.3, 0.4) is 0 Å². The molecular formula is C25H27NO4. The normalized spacial score (nSPS) is 23.0. The Morgan fingerprint density at radius 2 is 1.73 bits per heavy atom. The van der Waals surface area contributed by atoms with Crippen LogP contribution in [-0.4, -0.2) is 23.7 Å². The second-order valence-corrected chi connectivity index (χ2v) is 8.28. The number of carbonyl (C=O) groups excluding carboxylic acids is 3. The Kier molecular flexibility index (Phi) is 5.98. The molecule has 0 aliphatic heterocycles. The minimum Gasteiger partial charge on any atom is -0.445 e. The van der Waals surface area contributed by atoms with Gasteiger partial charge >= 0.3 is 6.09 Å². The molecule has 0 heterocycles. The number of rotatable bonds is 4. The van der Waals surface area contributed by atoms with Crippen LogP contribution in [0.25, 0.3) is 0 Å². The predicted molar refractivity (Wildman–Crippen MR) is 113 cm³/mol. The molecule has 5 nitrogen and oxygen atoms in total.